The highest BCUT2D eigenvalue weighted by Gasteiger charge is 2.01. The Morgan fingerprint density at radius 3 is 2.64 bits per heavy atom. The van der Waals surface area contributed by atoms with Crippen LogP contribution in [-0.4, -0.2) is 64.9 Å². The molecule has 0 unspecified atom stereocenters. The van der Waals surface area contributed by atoms with Crippen LogP contribution in [-0.2, 0) is 11.2 Å². The Kier molecular flexibility index (Phi) is 15.6. The number of likely N-dealkylation sites (N-methyl/N-ethyl adjacent to an activating group) is 1. The summed E-state index contributed by atoms with van der Waals surface area (Å²) in [6.45, 7) is 4.65. The zero-order valence-electron chi connectivity index (χ0n) is 15.6. The van der Waals surface area contributed by atoms with Crippen molar-refractivity contribution in [3.05, 3.63) is 34.3 Å². The van der Waals surface area contributed by atoms with Gasteiger partial charge in [0.1, 0.15) is 0 Å². The number of hydrogen-bond acceptors (Lipinski definition) is 3. The summed E-state index contributed by atoms with van der Waals surface area (Å²) in [4.78, 5) is 6.57. The van der Waals surface area contributed by atoms with Crippen LogP contribution in [0.2, 0.25) is 0 Å². The first kappa shape index (κ1) is 24.6. The maximum atomic E-state index is 5.07. The fourth-order valence-corrected chi connectivity index (χ4v) is 2.81. The third-order valence-corrected chi connectivity index (χ3v) is 4.21. The Labute approximate surface area is 178 Å². The van der Waals surface area contributed by atoms with E-state index in [9.17, 15) is 0 Å². The van der Waals surface area contributed by atoms with E-state index in [0.717, 1.165) is 62.5 Å². The van der Waals surface area contributed by atoms with Crippen molar-refractivity contribution in [3.8, 4) is 0 Å². The van der Waals surface area contributed by atoms with E-state index in [2.05, 4.69) is 67.8 Å². The lowest BCUT2D eigenvalue weighted by Crippen LogP contribution is -2.41. The molecular formula is C18H32BrIN4O. The lowest BCUT2D eigenvalue weighted by molar-refractivity contribution is 0.180. The molecule has 0 atom stereocenters. The van der Waals surface area contributed by atoms with Gasteiger partial charge in [0.2, 0.25) is 0 Å². The largest absolute Gasteiger partial charge is 0.385 e. The van der Waals surface area contributed by atoms with Gasteiger partial charge in [-0.3, -0.25) is 4.99 Å². The van der Waals surface area contributed by atoms with Gasteiger partial charge in [0, 0.05) is 51.4 Å². The number of nitrogens with one attached hydrogen (secondary N) is 2. The first-order chi connectivity index (χ1) is 11.7. The molecule has 2 N–H and O–H groups in total. The Balaban J connectivity index is 0.00000576. The SMILES string of the molecule is CN=C(NCCCc1cccc(Br)c1)NCCN(C)CCCOC.I. The van der Waals surface area contributed by atoms with E-state index in [-0.39, 0.29) is 24.0 Å². The lowest BCUT2D eigenvalue weighted by Gasteiger charge is -2.18. The molecule has 0 aliphatic carbocycles. The van der Waals surface area contributed by atoms with Gasteiger partial charge in [0.15, 0.2) is 5.96 Å². The van der Waals surface area contributed by atoms with Crippen LogP contribution in [0.1, 0.15) is 18.4 Å². The number of nitrogens with zero attached hydrogens (tertiary/aromatic N) is 2. The number of hydrogen-bond donors (Lipinski definition) is 2. The minimum Gasteiger partial charge on any atom is -0.385 e. The highest BCUT2D eigenvalue weighted by molar-refractivity contribution is 14.0. The molecule has 0 aliphatic rings. The maximum absolute atomic E-state index is 5.07. The van der Waals surface area contributed by atoms with Gasteiger partial charge in [-0.25, -0.2) is 0 Å². The molecule has 5 nitrogen and oxygen atoms in total. The number of aryl methyl sites for hydroxylation is 1. The Morgan fingerprint density at radius 2 is 1.96 bits per heavy atom. The minimum atomic E-state index is 0. The number of halogens is 2. The fourth-order valence-electron chi connectivity index (χ4n) is 2.37. The molecule has 0 radical (unpaired) electrons. The van der Waals surface area contributed by atoms with Crippen LogP contribution in [0.3, 0.4) is 0 Å². The van der Waals surface area contributed by atoms with Crippen LogP contribution < -0.4 is 10.6 Å². The second kappa shape index (κ2) is 15.8. The quantitative estimate of drug-likeness (QED) is 0.201. The van der Waals surface area contributed by atoms with E-state index < -0.39 is 0 Å². The molecule has 0 saturated heterocycles. The fraction of sp³-hybridized carbons (Fsp3) is 0.611. The smallest absolute Gasteiger partial charge is 0.191 e. The zero-order valence-corrected chi connectivity index (χ0v) is 19.5. The van der Waals surface area contributed by atoms with Crippen LogP contribution in [0, 0.1) is 0 Å². The number of ether oxygens (including phenoxy) is 1. The number of aliphatic imine (C=N–C) groups is 1. The van der Waals surface area contributed by atoms with Crippen molar-refractivity contribution in [3.63, 3.8) is 0 Å². The van der Waals surface area contributed by atoms with Gasteiger partial charge in [-0.1, -0.05) is 28.1 Å². The monoisotopic (exact) mass is 526 g/mol. The lowest BCUT2D eigenvalue weighted by atomic mass is 10.1. The van der Waals surface area contributed by atoms with Gasteiger partial charge >= 0.3 is 0 Å². The predicted octanol–water partition coefficient (Wildman–Crippen LogP) is 3.13. The summed E-state index contributed by atoms with van der Waals surface area (Å²) in [6.07, 6.45) is 3.20. The highest BCUT2D eigenvalue weighted by Crippen LogP contribution is 2.12. The molecule has 0 spiro atoms. The molecule has 1 aromatic rings. The van der Waals surface area contributed by atoms with E-state index >= 15 is 0 Å². The van der Waals surface area contributed by atoms with Gasteiger partial charge in [-0.2, -0.15) is 0 Å². The molecular weight excluding hydrogens is 495 g/mol. The average molecular weight is 527 g/mol. The first-order valence-electron chi connectivity index (χ1n) is 8.52. The van der Waals surface area contributed by atoms with E-state index in [1.807, 2.05) is 7.05 Å². The summed E-state index contributed by atoms with van der Waals surface area (Å²) in [5, 5.41) is 6.73. The molecule has 0 aliphatic heterocycles. The molecule has 7 heteroatoms. The van der Waals surface area contributed by atoms with E-state index in [1.165, 1.54) is 5.56 Å². The van der Waals surface area contributed by atoms with Crippen molar-refractivity contribution in [1.29, 1.82) is 0 Å². The summed E-state index contributed by atoms with van der Waals surface area (Å²) in [7, 11) is 5.69. The van der Waals surface area contributed by atoms with Gasteiger partial charge in [0.05, 0.1) is 0 Å². The van der Waals surface area contributed by atoms with Crippen molar-refractivity contribution >= 4 is 45.9 Å². The summed E-state index contributed by atoms with van der Waals surface area (Å²) < 4.78 is 6.21. The van der Waals surface area contributed by atoms with Crippen LogP contribution in [0.25, 0.3) is 0 Å². The van der Waals surface area contributed by atoms with E-state index in [4.69, 9.17) is 4.74 Å². The van der Waals surface area contributed by atoms with Crippen molar-refractivity contribution in [2.75, 3.05) is 54.0 Å². The molecule has 0 heterocycles. The van der Waals surface area contributed by atoms with E-state index in [1.54, 1.807) is 7.11 Å². The Bertz CT molecular complexity index is 488. The maximum Gasteiger partial charge on any atom is 0.191 e. The second-order valence-corrected chi connectivity index (χ2v) is 6.72. The average Bonchev–Trinajstić information content (AvgIpc) is 2.57. The molecule has 1 aromatic carbocycles. The van der Waals surface area contributed by atoms with Gasteiger partial charge in [-0.05, 0) is 44.0 Å². The summed E-state index contributed by atoms with van der Waals surface area (Å²) in [5.41, 5.74) is 1.35. The zero-order chi connectivity index (χ0) is 17.6. The van der Waals surface area contributed by atoms with Gasteiger partial charge in [0.25, 0.3) is 0 Å². The van der Waals surface area contributed by atoms with Crippen LogP contribution in [0.15, 0.2) is 33.7 Å². The predicted molar refractivity (Wildman–Crippen MR) is 121 cm³/mol. The molecule has 0 amide bonds. The summed E-state index contributed by atoms with van der Waals surface area (Å²) >= 11 is 3.51. The van der Waals surface area contributed by atoms with Crippen LogP contribution in [0.4, 0.5) is 0 Å². The molecule has 0 aromatic heterocycles. The molecule has 0 fully saturated rings. The third kappa shape index (κ3) is 12.6. The third-order valence-electron chi connectivity index (χ3n) is 3.72. The molecule has 0 bridgehead atoms. The van der Waals surface area contributed by atoms with Crippen molar-refractivity contribution in [1.82, 2.24) is 15.5 Å². The standard InChI is InChI=1S/C18H31BrN4O.HI/c1-20-18(22-11-13-23(2)12-6-14-24-3)21-10-5-8-16-7-4-9-17(19)15-16;/h4,7,9,15H,5-6,8,10-14H2,1-3H3,(H2,20,21,22);1H. The van der Waals surface area contributed by atoms with Gasteiger partial charge < -0.3 is 20.3 Å². The summed E-state index contributed by atoms with van der Waals surface area (Å²) in [6, 6.07) is 8.47. The Hall–Kier alpha value is -0.380. The summed E-state index contributed by atoms with van der Waals surface area (Å²) in [5.74, 6) is 0.870. The highest BCUT2D eigenvalue weighted by atomic mass is 127. The van der Waals surface area contributed by atoms with Crippen molar-refractivity contribution in [2.24, 2.45) is 4.99 Å². The molecule has 1 rings (SSSR count). The molecule has 144 valence electrons. The second-order valence-electron chi connectivity index (χ2n) is 5.81. The van der Waals surface area contributed by atoms with Crippen molar-refractivity contribution in [2.45, 2.75) is 19.3 Å². The Morgan fingerprint density at radius 1 is 1.20 bits per heavy atom. The normalized spacial score (nSPS) is 11.3. The topological polar surface area (TPSA) is 48.9 Å². The number of guanidine groups is 1. The van der Waals surface area contributed by atoms with Crippen molar-refractivity contribution < 1.29 is 4.74 Å². The van der Waals surface area contributed by atoms with E-state index in [0.29, 0.717) is 0 Å². The molecule has 25 heavy (non-hydrogen) atoms. The number of methoxy groups -OCH3 is 1. The molecule has 0 saturated carbocycles. The number of benzene rings is 1. The van der Waals surface area contributed by atoms with Gasteiger partial charge in [-0.15, -0.1) is 24.0 Å². The van der Waals surface area contributed by atoms with Crippen LogP contribution in [0.5, 0.6) is 0 Å². The van der Waals surface area contributed by atoms with Crippen LogP contribution >= 0.6 is 39.9 Å². The first-order valence-corrected chi connectivity index (χ1v) is 9.31. The minimum absolute atomic E-state index is 0. The number of rotatable bonds is 11.